The molecule has 0 N–H and O–H groups in total. The molecule has 1 aliphatic heterocycles. The van der Waals surface area contributed by atoms with Crippen LogP contribution in [0.4, 0.5) is 0 Å². The fourth-order valence-electron chi connectivity index (χ4n) is 1.53. The van der Waals surface area contributed by atoms with Crippen LogP contribution in [-0.4, -0.2) is 5.97 Å². The maximum absolute atomic E-state index is 11.3. The predicted molar refractivity (Wildman–Crippen MR) is 86.0 cm³/mol. The first kappa shape index (κ1) is 18.7. The summed E-state index contributed by atoms with van der Waals surface area (Å²) in [6.07, 6.45) is 1.25. The van der Waals surface area contributed by atoms with Crippen molar-refractivity contribution in [2.75, 3.05) is 0 Å². The van der Waals surface area contributed by atoms with E-state index in [0.717, 1.165) is 5.56 Å². The maximum Gasteiger partial charge on any atom is 0.339 e. The highest BCUT2D eigenvalue weighted by molar-refractivity contribution is 5.94. The van der Waals surface area contributed by atoms with E-state index in [4.69, 9.17) is 4.74 Å². The Hall–Kier alpha value is -1.31. The lowest BCUT2D eigenvalue weighted by atomic mass is 9.96. The predicted octanol–water partition coefficient (Wildman–Crippen LogP) is 5.56. The molecular weight excluding hydrogens is 248 g/mol. The third kappa shape index (κ3) is 6.74. The first-order valence-corrected chi connectivity index (χ1v) is 7.35. The van der Waals surface area contributed by atoms with E-state index in [2.05, 4.69) is 41.5 Å². The van der Waals surface area contributed by atoms with E-state index in [1.54, 1.807) is 6.07 Å². The Morgan fingerprint density at radius 3 is 1.85 bits per heavy atom. The normalized spacial score (nSPS) is 15.1. The van der Waals surface area contributed by atoms with Crippen LogP contribution in [0, 0.1) is 5.41 Å². The molecule has 0 bridgehead atoms. The summed E-state index contributed by atoms with van der Waals surface area (Å²) in [5.41, 5.74) is 1.73. The third-order valence-electron chi connectivity index (χ3n) is 2.14. The molecule has 1 aliphatic rings. The topological polar surface area (TPSA) is 26.3 Å². The molecule has 1 heterocycles. The van der Waals surface area contributed by atoms with Crippen LogP contribution in [0.3, 0.4) is 0 Å². The summed E-state index contributed by atoms with van der Waals surface area (Å²) in [6.45, 7) is 16.8. The minimum Gasteiger partial charge on any atom is -0.451 e. The minimum atomic E-state index is -0.451. The van der Waals surface area contributed by atoms with Gasteiger partial charge in [-0.1, -0.05) is 66.2 Å². The summed E-state index contributed by atoms with van der Waals surface area (Å²) in [6, 6.07) is 7.50. The van der Waals surface area contributed by atoms with Crippen LogP contribution < -0.4 is 0 Å². The Bertz CT molecular complexity index is 419. The highest BCUT2D eigenvalue weighted by Crippen LogP contribution is 2.34. The van der Waals surface area contributed by atoms with Crippen LogP contribution in [-0.2, 0) is 10.3 Å². The van der Waals surface area contributed by atoms with Gasteiger partial charge < -0.3 is 4.74 Å². The maximum atomic E-state index is 11.3. The quantitative estimate of drug-likeness (QED) is 0.581. The first-order chi connectivity index (χ1) is 9.03. The first-order valence-electron chi connectivity index (χ1n) is 7.35. The molecule has 2 nitrogen and oxygen atoms in total. The fourth-order valence-corrected chi connectivity index (χ4v) is 1.53. The highest BCUT2D eigenvalue weighted by atomic mass is 16.6. The summed E-state index contributed by atoms with van der Waals surface area (Å²) in [5.74, 6) is -0.212. The second kappa shape index (κ2) is 7.47. The van der Waals surface area contributed by atoms with Crippen LogP contribution >= 0.6 is 0 Å². The molecule has 0 radical (unpaired) electrons. The Kier molecular flexibility index (Phi) is 6.98. The van der Waals surface area contributed by atoms with Crippen molar-refractivity contribution in [2.45, 2.75) is 67.4 Å². The number of esters is 1. The number of cyclic esters (lactones) is 1. The summed E-state index contributed by atoms with van der Waals surface area (Å²) >= 11 is 0. The smallest absolute Gasteiger partial charge is 0.339 e. The molecule has 2 rings (SSSR count). The zero-order chi connectivity index (χ0) is 16.0. The summed E-state index contributed by atoms with van der Waals surface area (Å²) in [5, 5.41) is 0. The second-order valence-electron chi connectivity index (χ2n) is 7.15. The van der Waals surface area contributed by atoms with E-state index in [1.165, 1.54) is 6.42 Å². The molecule has 0 saturated heterocycles. The number of rotatable bonds is 0. The van der Waals surface area contributed by atoms with Crippen LogP contribution in [0.15, 0.2) is 24.3 Å². The molecule has 2 heteroatoms. The molecule has 0 fully saturated rings. The Morgan fingerprint density at radius 2 is 1.45 bits per heavy atom. The molecule has 0 atom stereocenters. The van der Waals surface area contributed by atoms with Gasteiger partial charge in [0.2, 0.25) is 0 Å². The van der Waals surface area contributed by atoms with Gasteiger partial charge in [-0.3, -0.25) is 0 Å². The Balaban J connectivity index is 0.000000382. The molecule has 0 aromatic heterocycles. The van der Waals surface area contributed by atoms with Gasteiger partial charge in [-0.15, -0.1) is 0 Å². The van der Waals surface area contributed by atoms with Crippen molar-refractivity contribution in [3.8, 4) is 0 Å². The zero-order valence-corrected chi connectivity index (χ0v) is 14.3. The van der Waals surface area contributed by atoms with Gasteiger partial charge in [-0.05, 0) is 25.3 Å². The van der Waals surface area contributed by atoms with Gasteiger partial charge in [0.1, 0.15) is 5.60 Å². The van der Waals surface area contributed by atoms with E-state index in [0.29, 0.717) is 11.0 Å². The lowest BCUT2D eigenvalue weighted by Gasteiger charge is -2.16. The molecule has 0 saturated carbocycles. The van der Waals surface area contributed by atoms with Crippen molar-refractivity contribution in [3.63, 3.8) is 0 Å². The monoisotopic (exact) mass is 278 g/mol. The average molecular weight is 278 g/mol. The van der Waals surface area contributed by atoms with Gasteiger partial charge in [0.15, 0.2) is 0 Å². The standard InChI is InChI=1S/C10H10O2.C5H12.C3H8/c1-10(2)8-6-4-3-5-7(8)9(11)12-10;1-5(2,3)4;1-3-2/h3-6H,1-2H3;1-4H3;3H2,1-2H3. The van der Waals surface area contributed by atoms with Gasteiger partial charge in [0.25, 0.3) is 0 Å². The number of hydrogen-bond donors (Lipinski definition) is 0. The molecule has 20 heavy (non-hydrogen) atoms. The number of hydrogen-bond acceptors (Lipinski definition) is 2. The molecular formula is C18H30O2. The lowest BCUT2D eigenvalue weighted by Crippen LogP contribution is -2.15. The number of ether oxygens (including phenoxy) is 1. The summed E-state index contributed by atoms with van der Waals surface area (Å²) in [4.78, 5) is 11.3. The second-order valence-corrected chi connectivity index (χ2v) is 7.15. The average Bonchev–Trinajstić information content (AvgIpc) is 2.49. The molecule has 0 spiro atoms. The van der Waals surface area contributed by atoms with Gasteiger partial charge in [-0.25, -0.2) is 4.79 Å². The van der Waals surface area contributed by atoms with Crippen LogP contribution in [0.5, 0.6) is 0 Å². The third-order valence-corrected chi connectivity index (χ3v) is 2.14. The van der Waals surface area contributed by atoms with E-state index in [1.807, 2.05) is 32.0 Å². The Morgan fingerprint density at radius 1 is 1.05 bits per heavy atom. The number of carbonyl (C=O) groups is 1. The van der Waals surface area contributed by atoms with Crippen molar-refractivity contribution in [2.24, 2.45) is 5.41 Å². The van der Waals surface area contributed by atoms with E-state index >= 15 is 0 Å². The van der Waals surface area contributed by atoms with Crippen molar-refractivity contribution >= 4 is 5.97 Å². The number of carbonyl (C=O) groups excluding carboxylic acids is 1. The van der Waals surface area contributed by atoms with E-state index < -0.39 is 5.60 Å². The largest absolute Gasteiger partial charge is 0.451 e. The highest BCUT2D eigenvalue weighted by Gasteiger charge is 2.36. The molecule has 1 aromatic rings. The van der Waals surface area contributed by atoms with E-state index in [9.17, 15) is 4.79 Å². The zero-order valence-electron chi connectivity index (χ0n) is 14.3. The van der Waals surface area contributed by atoms with Crippen molar-refractivity contribution in [1.29, 1.82) is 0 Å². The fraction of sp³-hybridized carbons (Fsp3) is 0.611. The van der Waals surface area contributed by atoms with Crippen molar-refractivity contribution < 1.29 is 9.53 Å². The molecule has 0 amide bonds. The number of benzene rings is 1. The van der Waals surface area contributed by atoms with E-state index in [-0.39, 0.29) is 5.97 Å². The van der Waals surface area contributed by atoms with Gasteiger partial charge >= 0.3 is 5.97 Å². The van der Waals surface area contributed by atoms with Crippen LogP contribution in [0.1, 0.15) is 77.7 Å². The Labute approximate surface area is 124 Å². The van der Waals surface area contributed by atoms with Crippen LogP contribution in [0.25, 0.3) is 0 Å². The SMILES string of the molecule is CC(C)(C)C.CC1(C)OC(=O)c2ccccc21.CCC. The van der Waals surface area contributed by atoms with Crippen molar-refractivity contribution in [1.82, 2.24) is 0 Å². The lowest BCUT2D eigenvalue weighted by molar-refractivity contribution is 0.00954. The molecule has 1 aromatic carbocycles. The van der Waals surface area contributed by atoms with Gasteiger partial charge in [-0.2, -0.15) is 0 Å². The van der Waals surface area contributed by atoms with Crippen LogP contribution in [0.2, 0.25) is 0 Å². The van der Waals surface area contributed by atoms with Gasteiger partial charge in [0, 0.05) is 5.56 Å². The minimum absolute atomic E-state index is 0.212. The number of fused-ring (bicyclic) bond motifs is 1. The van der Waals surface area contributed by atoms with Gasteiger partial charge in [0.05, 0.1) is 5.56 Å². The molecule has 0 aliphatic carbocycles. The summed E-state index contributed by atoms with van der Waals surface area (Å²) in [7, 11) is 0. The molecule has 114 valence electrons. The summed E-state index contributed by atoms with van der Waals surface area (Å²) < 4.78 is 5.18. The molecule has 0 unspecified atom stereocenters. The van der Waals surface area contributed by atoms with Crippen molar-refractivity contribution in [3.05, 3.63) is 35.4 Å².